The lowest BCUT2D eigenvalue weighted by Crippen LogP contribution is -2.47. The minimum atomic E-state index is -3.80. The first-order valence-electron chi connectivity index (χ1n) is 8.94. The highest BCUT2D eigenvalue weighted by molar-refractivity contribution is 7.92. The molecule has 1 atom stereocenters. The Morgan fingerprint density at radius 1 is 1.03 bits per heavy atom. The molecule has 1 N–H and O–H groups in total. The van der Waals surface area contributed by atoms with Crippen molar-refractivity contribution in [3.8, 4) is 17.2 Å². The summed E-state index contributed by atoms with van der Waals surface area (Å²) in [5.41, 5.74) is 0.800. The van der Waals surface area contributed by atoms with Crippen molar-refractivity contribution in [1.29, 1.82) is 0 Å². The number of hydrogen-bond donors (Lipinski definition) is 1. The van der Waals surface area contributed by atoms with Crippen molar-refractivity contribution in [2.45, 2.75) is 19.5 Å². The molecule has 0 bridgehead atoms. The Bertz CT molecular complexity index is 995. The quantitative estimate of drug-likeness (QED) is 0.643. The van der Waals surface area contributed by atoms with Crippen LogP contribution in [0.2, 0.25) is 0 Å². The lowest BCUT2D eigenvalue weighted by molar-refractivity contribution is -0.122. The number of ether oxygens (including phenoxy) is 3. The number of halogens is 1. The van der Waals surface area contributed by atoms with E-state index >= 15 is 0 Å². The second-order valence-electron chi connectivity index (χ2n) is 6.42. The van der Waals surface area contributed by atoms with Gasteiger partial charge in [0.25, 0.3) is 0 Å². The van der Waals surface area contributed by atoms with Crippen LogP contribution >= 0.6 is 0 Å². The summed E-state index contributed by atoms with van der Waals surface area (Å²) in [4.78, 5) is 12.7. The summed E-state index contributed by atoms with van der Waals surface area (Å²) in [7, 11) is 0.627. The van der Waals surface area contributed by atoms with E-state index in [0.29, 0.717) is 22.8 Å². The second-order valence-corrected chi connectivity index (χ2v) is 8.28. The number of amides is 1. The molecule has 2 aromatic carbocycles. The van der Waals surface area contributed by atoms with E-state index in [-0.39, 0.29) is 12.2 Å². The molecule has 164 valence electrons. The summed E-state index contributed by atoms with van der Waals surface area (Å²) in [5.74, 6) is 0.191. The molecule has 0 fully saturated rings. The van der Waals surface area contributed by atoms with Crippen LogP contribution in [0.5, 0.6) is 17.2 Å². The zero-order valence-corrected chi connectivity index (χ0v) is 18.2. The summed E-state index contributed by atoms with van der Waals surface area (Å²) in [6.45, 7) is 1.51. The number of sulfonamides is 1. The summed E-state index contributed by atoms with van der Waals surface area (Å²) < 4.78 is 54.7. The molecule has 8 nitrogen and oxygen atoms in total. The van der Waals surface area contributed by atoms with Gasteiger partial charge in [-0.15, -0.1) is 0 Å². The van der Waals surface area contributed by atoms with Crippen LogP contribution in [0, 0.1) is 5.82 Å². The first-order valence-corrected chi connectivity index (χ1v) is 10.8. The van der Waals surface area contributed by atoms with Crippen LogP contribution in [0.3, 0.4) is 0 Å². The van der Waals surface area contributed by atoms with Gasteiger partial charge >= 0.3 is 0 Å². The number of nitrogens with one attached hydrogen (secondary N) is 1. The van der Waals surface area contributed by atoms with E-state index in [9.17, 15) is 17.6 Å². The maximum atomic E-state index is 13.2. The zero-order chi connectivity index (χ0) is 22.5. The Hall–Kier alpha value is -3.01. The average Bonchev–Trinajstić information content (AvgIpc) is 2.71. The summed E-state index contributed by atoms with van der Waals surface area (Å²) >= 11 is 0. The maximum absolute atomic E-state index is 13.2. The third-order valence-electron chi connectivity index (χ3n) is 4.41. The van der Waals surface area contributed by atoms with Gasteiger partial charge in [0.2, 0.25) is 21.7 Å². The molecule has 2 rings (SSSR count). The zero-order valence-electron chi connectivity index (χ0n) is 17.4. The molecule has 0 aromatic heterocycles. The predicted molar refractivity (Wildman–Crippen MR) is 111 cm³/mol. The van der Waals surface area contributed by atoms with Gasteiger partial charge in [-0.3, -0.25) is 9.10 Å². The van der Waals surface area contributed by atoms with Gasteiger partial charge in [-0.25, -0.2) is 12.8 Å². The average molecular weight is 440 g/mol. The number of anilines is 1. The molecule has 0 aliphatic rings. The van der Waals surface area contributed by atoms with E-state index in [4.69, 9.17) is 14.2 Å². The van der Waals surface area contributed by atoms with Crippen LogP contribution in [0.1, 0.15) is 12.5 Å². The number of carbonyl (C=O) groups is 1. The molecule has 0 saturated carbocycles. The number of nitrogens with zero attached hydrogens (tertiary/aromatic N) is 1. The molecule has 0 aliphatic heterocycles. The van der Waals surface area contributed by atoms with Crippen LogP contribution in [-0.4, -0.2) is 48.0 Å². The normalized spacial score (nSPS) is 12.1. The maximum Gasteiger partial charge on any atom is 0.243 e. The van der Waals surface area contributed by atoms with Crippen molar-refractivity contribution >= 4 is 21.6 Å². The molecule has 0 saturated heterocycles. The van der Waals surface area contributed by atoms with E-state index in [2.05, 4.69) is 5.32 Å². The van der Waals surface area contributed by atoms with Gasteiger partial charge in [-0.2, -0.15) is 0 Å². The van der Waals surface area contributed by atoms with Crippen molar-refractivity contribution < 1.29 is 31.8 Å². The Morgan fingerprint density at radius 3 is 2.13 bits per heavy atom. The van der Waals surface area contributed by atoms with E-state index < -0.39 is 27.8 Å². The Morgan fingerprint density at radius 2 is 1.63 bits per heavy atom. The molecule has 0 unspecified atom stereocenters. The monoisotopic (exact) mass is 440 g/mol. The van der Waals surface area contributed by atoms with Crippen LogP contribution in [0.25, 0.3) is 0 Å². The molecule has 10 heteroatoms. The molecule has 0 aliphatic carbocycles. The molecule has 0 heterocycles. The lowest BCUT2D eigenvalue weighted by Gasteiger charge is -2.28. The third-order valence-corrected chi connectivity index (χ3v) is 5.65. The minimum Gasteiger partial charge on any atom is -0.493 e. The Kier molecular flexibility index (Phi) is 7.49. The van der Waals surface area contributed by atoms with Gasteiger partial charge in [0.05, 0.1) is 33.3 Å². The highest BCUT2D eigenvalue weighted by atomic mass is 32.2. The molecule has 0 spiro atoms. The van der Waals surface area contributed by atoms with E-state index in [1.54, 1.807) is 12.1 Å². The van der Waals surface area contributed by atoms with Crippen LogP contribution in [0.15, 0.2) is 36.4 Å². The fourth-order valence-electron chi connectivity index (χ4n) is 3.03. The number of rotatable bonds is 9. The standard InChI is InChI=1S/C20H25FN2O6S/c1-13(23(30(5,25)26)16-9-7-15(21)8-10-16)20(24)22-12-14-6-11-17(27-2)19(29-4)18(14)28-3/h6-11,13H,12H2,1-5H3,(H,22,24)/t13-/m1/s1. The number of hydrogen-bond acceptors (Lipinski definition) is 6. The van der Waals surface area contributed by atoms with Crippen molar-refractivity contribution in [3.63, 3.8) is 0 Å². The smallest absolute Gasteiger partial charge is 0.243 e. The van der Waals surface area contributed by atoms with Crippen LogP contribution in [0.4, 0.5) is 10.1 Å². The predicted octanol–water partition coefficient (Wildman–Crippen LogP) is 2.32. The largest absolute Gasteiger partial charge is 0.493 e. The Labute approximate surface area is 175 Å². The van der Waals surface area contributed by atoms with Gasteiger partial charge < -0.3 is 19.5 Å². The molecular formula is C20H25FN2O6S. The highest BCUT2D eigenvalue weighted by Gasteiger charge is 2.29. The van der Waals surface area contributed by atoms with Gasteiger partial charge in [-0.1, -0.05) is 0 Å². The first-order chi connectivity index (χ1) is 14.1. The summed E-state index contributed by atoms with van der Waals surface area (Å²) in [6.07, 6.45) is 0.984. The van der Waals surface area contributed by atoms with Crippen molar-refractivity contribution in [3.05, 3.63) is 47.8 Å². The van der Waals surface area contributed by atoms with Gasteiger partial charge in [-0.05, 0) is 43.3 Å². The lowest BCUT2D eigenvalue weighted by atomic mass is 10.1. The molecule has 0 radical (unpaired) electrons. The van der Waals surface area contributed by atoms with Gasteiger partial charge in [0.15, 0.2) is 11.5 Å². The van der Waals surface area contributed by atoms with E-state index in [0.717, 1.165) is 22.7 Å². The van der Waals surface area contributed by atoms with Gasteiger partial charge in [0, 0.05) is 12.1 Å². The molecular weight excluding hydrogens is 415 g/mol. The fraction of sp³-hybridized carbons (Fsp3) is 0.350. The van der Waals surface area contributed by atoms with Crippen molar-refractivity contribution in [1.82, 2.24) is 5.32 Å². The topological polar surface area (TPSA) is 94.2 Å². The fourth-order valence-corrected chi connectivity index (χ4v) is 4.20. The van der Waals surface area contributed by atoms with Gasteiger partial charge in [0.1, 0.15) is 11.9 Å². The van der Waals surface area contributed by atoms with Crippen LogP contribution in [-0.2, 0) is 21.4 Å². The number of methoxy groups -OCH3 is 3. The van der Waals surface area contributed by atoms with Crippen LogP contribution < -0.4 is 23.8 Å². The first kappa shape index (κ1) is 23.3. The molecule has 30 heavy (non-hydrogen) atoms. The molecule has 2 aromatic rings. The molecule has 1 amide bonds. The summed E-state index contributed by atoms with van der Waals surface area (Å²) in [5, 5.41) is 2.70. The highest BCUT2D eigenvalue weighted by Crippen LogP contribution is 2.39. The summed E-state index contributed by atoms with van der Waals surface area (Å²) in [6, 6.07) is 7.18. The Balaban J connectivity index is 2.25. The van der Waals surface area contributed by atoms with E-state index in [1.807, 2.05) is 0 Å². The van der Waals surface area contributed by atoms with Crippen molar-refractivity contribution in [2.24, 2.45) is 0 Å². The van der Waals surface area contributed by atoms with Crippen molar-refractivity contribution in [2.75, 3.05) is 31.9 Å². The number of benzene rings is 2. The number of carbonyl (C=O) groups excluding carboxylic acids is 1. The minimum absolute atomic E-state index is 0.0632. The SMILES string of the molecule is COc1ccc(CNC(=O)[C@@H](C)N(c2ccc(F)cc2)S(C)(=O)=O)c(OC)c1OC. The third kappa shape index (κ3) is 5.12. The second kappa shape index (κ2) is 9.66. The van der Waals surface area contributed by atoms with E-state index in [1.165, 1.54) is 40.4 Å².